The summed E-state index contributed by atoms with van der Waals surface area (Å²) in [5.74, 6) is -0.601. The summed E-state index contributed by atoms with van der Waals surface area (Å²) in [6, 6.07) is 0. The van der Waals surface area contributed by atoms with Crippen molar-refractivity contribution < 1.29 is 24.5 Å². The van der Waals surface area contributed by atoms with Crippen LogP contribution >= 0.6 is 0 Å². The number of aliphatic hydroxyl groups excluding tert-OH is 2. The van der Waals surface area contributed by atoms with E-state index in [0.717, 1.165) is 0 Å². The number of rotatable bonds is 1. The van der Waals surface area contributed by atoms with Gasteiger partial charge in [0.25, 0.3) is 0 Å². The Morgan fingerprint density at radius 1 is 1.55 bits per heavy atom. The van der Waals surface area contributed by atoms with Gasteiger partial charge in [0, 0.05) is 6.42 Å². The molecule has 0 spiro atoms. The summed E-state index contributed by atoms with van der Waals surface area (Å²) in [6.07, 6.45) is -3.63. The summed E-state index contributed by atoms with van der Waals surface area (Å²) in [6.45, 7) is 0. The molecule has 0 saturated carbocycles. The first kappa shape index (κ1) is 8.32. The van der Waals surface area contributed by atoms with E-state index in [2.05, 4.69) is 4.74 Å². The summed E-state index contributed by atoms with van der Waals surface area (Å²) in [7, 11) is 0. The Balaban J connectivity index is 2.61. The number of hydrogen-bond acceptors (Lipinski definition) is 5. The topological polar surface area (TPSA) is 83.8 Å². The van der Waals surface area contributed by atoms with Crippen LogP contribution in [-0.2, 0) is 14.3 Å². The van der Waals surface area contributed by atoms with Crippen LogP contribution in [0, 0.1) is 0 Å². The molecule has 1 fully saturated rings. The van der Waals surface area contributed by atoms with Crippen LogP contribution in [0.5, 0.6) is 0 Å². The average molecular weight is 160 g/mol. The van der Waals surface area contributed by atoms with E-state index in [4.69, 9.17) is 10.2 Å². The summed E-state index contributed by atoms with van der Waals surface area (Å²) in [5.41, 5.74) is 0. The molecule has 1 aliphatic heterocycles. The maximum Gasteiger partial charge on any atom is 0.216 e. The second-order valence-electron chi connectivity index (χ2n) is 2.33. The zero-order chi connectivity index (χ0) is 8.43. The first-order chi connectivity index (χ1) is 5.15. The molecule has 11 heavy (non-hydrogen) atoms. The van der Waals surface area contributed by atoms with Crippen LogP contribution in [0.4, 0.5) is 0 Å². The van der Waals surface area contributed by atoms with Crippen LogP contribution in [0.1, 0.15) is 6.42 Å². The summed E-state index contributed by atoms with van der Waals surface area (Å²) >= 11 is 0. The molecule has 3 unspecified atom stereocenters. The molecule has 1 rings (SSSR count). The van der Waals surface area contributed by atoms with E-state index in [0.29, 0.717) is 6.29 Å². The first-order valence-corrected chi connectivity index (χ1v) is 3.14. The second kappa shape index (κ2) is 3.08. The third kappa shape index (κ3) is 1.62. The third-order valence-corrected chi connectivity index (χ3v) is 1.49. The van der Waals surface area contributed by atoms with Gasteiger partial charge in [0.1, 0.15) is 6.10 Å². The van der Waals surface area contributed by atoms with E-state index < -0.39 is 24.3 Å². The van der Waals surface area contributed by atoms with Crippen LogP contribution in [0.25, 0.3) is 0 Å². The number of aliphatic hydroxyl groups is 2. The van der Waals surface area contributed by atoms with Crippen molar-refractivity contribution >= 4 is 12.1 Å². The van der Waals surface area contributed by atoms with Gasteiger partial charge >= 0.3 is 0 Å². The number of ketones is 1. The molecule has 1 heterocycles. The van der Waals surface area contributed by atoms with Crippen LogP contribution in [0.3, 0.4) is 0 Å². The molecule has 5 nitrogen and oxygen atoms in total. The maximum absolute atomic E-state index is 10.6. The van der Waals surface area contributed by atoms with Gasteiger partial charge in [0.15, 0.2) is 12.1 Å². The van der Waals surface area contributed by atoms with Crippen molar-refractivity contribution in [3.05, 3.63) is 0 Å². The van der Waals surface area contributed by atoms with Crippen LogP contribution in [0.15, 0.2) is 0 Å². The lowest BCUT2D eigenvalue weighted by Crippen LogP contribution is -2.45. The molecule has 2 N–H and O–H groups in total. The molecule has 0 amide bonds. The Hall–Kier alpha value is -0.780. The fraction of sp³-hybridized carbons (Fsp3) is 0.667. The van der Waals surface area contributed by atoms with Crippen molar-refractivity contribution in [2.75, 3.05) is 0 Å². The Kier molecular flexibility index (Phi) is 2.33. The van der Waals surface area contributed by atoms with Gasteiger partial charge in [-0.3, -0.25) is 4.79 Å². The van der Waals surface area contributed by atoms with Crippen molar-refractivity contribution in [3.8, 4) is 0 Å². The highest BCUT2D eigenvalue weighted by Gasteiger charge is 2.34. The van der Waals surface area contributed by atoms with Crippen molar-refractivity contribution in [3.63, 3.8) is 0 Å². The second-order valence-corrected chi connectivity index (χ2v) is 2.33. The van der Waals surface area contributed by atoms with Gasteiger partial charge in [-0.15, -0.1) is 0 Å². The normalized spacial score (nSPS) is 38.7. The highest BCUT2D eigenvalue weighted by Crippen LogP contribution is 2.13. The molecule has 5 heteroatoms. The van der Waals surface area contributed by atoms with Crippen molar-refractivity contribution in [2.24, 2.45) is 0 Å². The number of aldehydes is 1. The van der Waals surface area contributed by atoms with E-state index in [1.54, 1.807) is 0 Å². The highest BCUT2D eigenvalue weighted by atomic mass is 16.6. The monoisotopic (exact) mass is 160 g/mol. The fourth-order valence-electron chi connectivity index (χ4n) is 0.861. The lowest BCUT2D eigenvalue weighted by atomic mass is 10.1. The molecule has 1 aliphatic rings. The molecule has 0 aromatic rings. The molecule has 3 atom stereocenters. The molecular formula is C6H8O5. The van der Waals surface area contributed by atoms with Gasteiger partial charge < -0.3 is 19.7 Å². The Labute approximate surface area is 62.6 Å². The minimum absolute atomic E-state index is 0.232. The lowest BCUT2D eigenvalue weighted by Gasteiger charge is -2.26. The minimum Gasteiger partial charge on any atom is -0.389 e. The van der Waals surface area contributed by atoms with Crippen LogP contribution in [-0.4, -0.2) is 40.8 Å². The van der Waals surface area contributed by atoms with Crippen molar-refractivity contribution in [2.45, 2.75) is 24.9 Å². The number of carbonyl (C=O) groups excluding carboxylic acids is 2. The zero-order valence-corrected chi connectivity index (χ0v) is 5.64. The van der Waals surface area contributed by atoms with E-state index in [9.17, 15) is 9.59 Å². The first-order valence-electron chi connectivity index (χ1n) is 3.14. The van der Waals surface area contributed by atoms with E-state index in [1.165, 1.54) is 0 Å². The molecule has 0 aromatic heterocycles. The zero-order valence-electron chi connectivity index (χ0n) is 5.64. The van der Waals surface area contributed by atoms with Crippen LogP contribution < -0.4 is 0 Å². The largest absolute Gasteiger partial charge is 0.389 e. The number of ether oxygens (including phenoxy) is 1. The minimum atomic E-state index is -1.56. The molecule has 0 aromatic carbocycles. The molecule has 62 valence electrons. The van der Waals surface area contributed by atoms with E-state index in [1.807, 2.05) is 0 Å². The predicted octanol–water partition coefficient (Wildman–Crippen LogP) is -1.78. The van der Waals surface area contributed by atoms with Gasteiger partial charge in [0.05, 0.1) is 6.10 Å². The summed E-state index contributed by atoms with van der Waals surface area (Å²) in [4.78, 5) is 20.7. The number of hydrogen-bond donors (Lipinski definition) is 2. The van der Waals surface area contributed by atoms with E-state index >= 15 is 0 Å². The summed E-state index contributed by atoms with van der Waals surface area (Å²) in [5, 5.41) is 17.7. The molecule has 0 radical (unpaired) electrons. The Bertz CT molecular complexity index is 178. The van der Waals surface area contributed by atoms with Crippen molar-refractivity contribution in [1.82, 2.24) is 0 Å². The van der Waals surface area contributed by atoms with Crippen molar-refractivity contribution in [1.29, 1.82) is 0 Å². The predicted molar refractivity (Wildman–Crippen MR) is 32.6 cm³/mol. The smallest absolute Gasteiger partial charge is 0.216 e. The maximum atomic E-state index is 10.6. The van der Waals surface area contributed by atoms with Gasteiger partial charge in [-0.1, -0.05) is 0 Å². The molecule has 0 bridgehead atoms. The Morgan fingerprint density at radius 2 is 2.18 bits per heavy atom. The quantitative estimate of drug-likeness (QED) is 0.443. The van der Waals surface area contributed by atoms with Crippen LogP contribution in [0.2, 0.25) is 0 Å². The number of carbonyl (C=O) groups is 2. The summed E-state index contributed by atoms with van der Waals surface area (Å²) < 4.78 is 4.45. The van der Waals surface area contributed by atoms with Gasteiger partial charge in [-0.25, -0.2) is 0 Å². The molecular weight excluding hydrogens is 152 g/mol. The van der Waals surface area contributed by atoms with Gasteiger partial charge in [-0.2, -0.15) is 0 Å². The fourth-order valence-corrected chi connectivity index (χ4v) is 0.861. The highest BCUT2D eigenvalue weighted by molar-refractivity contribution is 5.83. The van der Waals surface area contributed by atoms with Gasteiger partial charge in [0.2, 0.25) is 6.29 Å². The molecule has 0 aliphatic carbocycles. The third-order valence-electron chi connectivity index (χ3n) is 1.49. The van der Waals surface area contributed by atoms with E-state index in [-0.39, 0.29) is 6.42 Å². The molecule has 1 saturated heterocycles. The van der Waals surface area contributed by atoms with Gasteiger partial charge in [-0.05, 0) is 0 Å². The average Bonchev–Trinajstić information content (AvgIpc) is 1.97. The number of Topliss-reactive ketones (excluding diaryl/α,β-unsaturated/α-hetero) is 1. The Morgan fingerprint density at radius 3 is 2.73 bits per heavy atom. The standard InChI is InChI=1S/C6H8O5/c7-2-5-3(8)1-4(9)6(10)11-5/h2-3,5-6,8,10H,1H2. The SMILES string of the molecule is O=CC1OC(O)C(=O)CC1O. The lowest BCUT2D eigenvalue weighted by molar-refractivity contribution is -0.195.